The molecule has 4 saturated heterocycles. The molecule has 0 amide bonds. The summed E-state index contributed by atoms with van der Waals surface area (Å²) in [5, 5.41) is 0. The molecule has 4 rings (SSSR count). The van der Waals surface area contributed by atoms with Gasteiger partial charge in [0.2, 0.25) is 0 Å². The molecular formula is C28H50O9. The van der Waals surface area contributed by atoms with Crippen LogP contribution in [-0.2, 0) is 42.6 Å². The molecule has 4 fully saturated rings. The van der Waals surface area contributed by atoms with Crippen LogP contribution in [0, 0.1) is 0 Å². The molecule has 0 N–H and O–H groups in total. The zero-order valence-corrected chi connectivity index (χ0v) is 23.3. The van der Waals surface area contributed by atoms with E-state index in [2.05, 4.69) is 27.7 Å². The van der Waals surface area contributed by atoms with E-state index in [1.807, 2.05) is 0 Å². The van der Waals surface area contributed by atoms with Crippen LogP contribution in [0.4, 0.5) is 0 Å². The summed E-state index contributed by atoms with van der Waals surface area (Å²) in [6.45, 7) is 12.2. The molecule has 0 aromatic carbocycles. The van der Waals surface area contributed by atoms with Crippen molar-refractivity contribution in [3.05, 3.63) is 0 Å². The molecule has 4 aliphatic heterocycles. The smallest absolute Gasteiger partial charge is 0.187 e. The molecule has 0 aromatic rings. The molecule has 4 unspecified atom stereocenters. The maximum atomic E-state index is 6.66. The summed E-state index contributed by atoms with van der Waals surface area (Å²) in [5.74, 6) is 0. The van der Waals surface area contributed by atoms with Crippen LogP contribution in [0.5, 0.6) is 0 Å². The quantitative estimate of drug-likeness (QED) is 0.182. The summed E-state index contributed by atoms with van der Waals surface area (Å²) in [6.07, 6.45) is 5.27. The first-order chi connectivity index (χ1) is 18.2. The van der Waals surface area contributed by atoms with E-state index in [1.165, 1.54) is 0 Å². The predicted molar refractivity (Wildman–Crippen MR) is 136 cm³/mol. The van der Waals surface area contributed by atoms with Crippen LogP contribution in [0.25, 0.3) is 0 Å². The van der Waals surface area contributed by atoms with Crippen LogP contribution in [0.2, 0.25) is 0 Å². The van der Waals surface area contributed by atoms with Gasteiger partial charge in [-0.05, 0) is 25.7 Å². The Morgan fingerprint density at radius 3 is 1.92 bits per heavy atom. The van der Waals surface area contributed by atoms with Gasteiger partial charge in [-0.2, -0.15) is 0 Å². The lowest BCUT2D eigenvalue weighted by molar-refractivity contribution is -0.338. The largest absolute Gasteiger partial charge is 0.379 e. The second-order valence-electron chi connectivity index (χ2n) is 10.6. The fourth-order valence-electron chi connectivity index (χ4n) is 5.16. The van der Waals surface area contributed by atoms with Crippen LogP contribution < -0.4 is 0 Å². The van der Waals surface area contributed by atoms with E-state index in [9.17, 15) is 0 Å². The highest BCUT2D eigenvalue weighted by Gasteiger charge is 2.63. The van der Waals surface area contributed by atoms with E-state index in [0.29, 0.717) is 39.6 Å². The highest BCUT2D eigenvalue weighted by Crippen LogP contribution is 2.44. The Morgan fingerprint density at radius 1 is 0.622 bits per heavy atom. The van der Waals surface area contributed by atoms with Crippen molar-refractivity contribution < 1.29 is 42.6 Å². The van der Waals surface area contributed by atoms with Crippen molar-refractivity contribution in [2.75, 3.05) is 39.6 Å². The molecule has 37 heavy (non-hydrogen) atoms. The average Bonchev–Trinajstić information content (AvgIpc) is 3.59. The third-order valence-electron chi connectivity index (χ3n) is 7.48. The van der Waals surface area contributed by atoms with E-state index < -0.39 is 12.4 Å². The number of fused-ring (bicyclic) bond motifs is 4. The highest BCUT2D eigenvalue weighted by molar-refractivity contribution is 5.05. The maximum absolute atomic E-state index is 6.66. The summed E-state index contributed by atoms with van der Waals surface area (Å²) >= 11 is 0. The van der Waals surface area contributed by atoms with Crippen molar-refractivity contribution >= 4 is 0 Å². The fourth-order valence-corrected chi connectivity index (χ4v) is 5.16. The number of hydrogen-bond donors (Lipinski definition) is 0. The maximum Gasteiger partial charge on any atom is 0.187 e. The van der Waals surface area contributed by atoms with Gasteiger partial charge in [-0.1, -0.05) is 53.4 Å². The second kappa shape index (κ2) is 15.4. The van der Waals surface area contributed by atoms with E-state index in [4.69, 9.17) is 42.6 Å². The van der Waals surface area contributed by atoms with E-state index in [0.717, 1.165) is 51.4 Å². The highest BCUT2D eigenvalue weighted by atomic mass is 16.8. The molecular weight excluding hydrogens is 480 g/mol. The minimum absolute atomic E-state index is 0.0385. The van der Waals surface area contributed by atoms with Gasteiger partial charge in [0, 0.05) is 26.4 Å². The number of epoxide rings is 1. The van der Waals surface area contributed by atoms with Gasteiger partial charge in [0.15, 0.2) is 12.6 Å². The van der Waals surface area contributed by atoms with Crippen LogP contribution >= 0.6 is 0 Å². The van der Waals surface area contributed by atoms with Crippen molar-refractivity contribution in [1.29, 1.82) is 0 Å². The second-order valence-corrected chi connectivity index (χ2v) is 10.6. The standard InChI is InChI=1S/C28H50O9/c1-5-9-13-29-17-19-21(30-14-10-6-2)23(31-15-11-7-3)25(32-16-12-8-4)28(35-19)37-22-20-18-33-27(34-20)26-24(22)36-26/h19-28H,5-18H2,1-4H3/t19?,20?,21-,22-,23+,24?,25?,26-,27-,28-/m1/s1. The van der Waals surface area contributed by atoms with Gasteiger partial charge in [-0.3, -0.25) is 0 Å². The molecule has 216 valence electrons. The SMILES string of the molecule is CCCCOCC1O[C@H](O[C@@H]2C3CO[C@H](O3)[C@@H]3OC23)C(OCCCC)[C@@H](OCCCC)[C@@H]1OCCCC. The zero-order chi connectivity index (χ0) is 26.0. The van der Waals surface area contributed by atoms with Gasteiger partial charge in [0.1, 0.15) is 48.8 Å². The van der Waals surface area contributed by atoms with Gasteiger partial charge < -0.3 is 42.6 Å². The van der Waals surface area contributed by atoms with E-state index >= 15 is 0 Å². The lowest BCUT2D eigenvalue weighted by Crippen LogP contribution is -2.63. The van der Waals surface area contributed by atoms with Gasteiger partial charge in [0.05, 0.1) is 13.2 Å². The molecule has 0 saturated carbocycles. The normalized spacial score (nSPS) is 38.6. The molecule has 4 aliphatic rings. The molecule has 0 spiro atoms. The summed E-state index contributed by atoms with van der Waals surface area (Å²) in [5.41, 5.74) is 0. The topological polar surface area (TPSA) is 86.4 Å². The Bertz CT molecular complexity index is 637. The fraction of sp³-hybridized carbons (Fsp3) is 1.00. The van der Waals surface area contributed by atoms with E-state index in [-0.39, 0.29) is 49.0 Å². The molecule has 4 heterocycles. The Balaban J connectivity index is 1.53. The van der Waals surface area contributed by atoms with Crippen molar-refractivity contribution in [3.63, 3.8) is 0 Å². The first-order valence-corrected chi connectivity index (χ1v) is 14.9. The number of unbranched alkanes of at least 4 members (excludes halogenated alkanes) is 4. The first-order valence-electron chi connectivity index (χ1n) is 14.9. The first kappa shape index (κ1) is 29.6. The molecule has 9 heteroatoms. The van der Waals surface area contributed by atoms with Gasteiger partial charge in [-0.15, -0.1) is 0 Å². The summed E-state index contributed by atoms with van der Waals surface area (Å²) in [6, 6.07) is 0. The Hall–Kier alpha value is -0.360. The summed E-state index contributed by atoms with van der Waals surface area (Å²) < 4.78 is 56.4. The summed E-state index contributed by atoms with van der Waals surface area (Å²) in [4.78, 5) is 0. The van der Waals surface area contributed by atoms with Gasteiger partial charge >= 0.3 is 0 Å². The number of ether oxygens (including phenoxy) is 9. The summed E-state index contributed by atoms with van der Waals surface area (Å²) in [7, 11) is 0. The molecule has 0 aromatic heterocycles. The average molecular weight is 531 g/mol. The van der Waals surface area contributed by atoms with Crippen molar-refractivity contribution in [2.45, 2.75) is 140 Å². The lowest BCUT2D eigenvalue weighted by atomic mass is 9.97. The molecule has 10 atom stereocenters. The van der Waals surface area contributed by atoms with Crippen LogP contribution in [0.15, 0.2) is 0 Å². The van der Waals surface area contributed by atoms with Gasteiger partial charge in [0.25, 0.3) is 0 Å². The monoisotopic (exact) mass is 530 g/mol. The zero-order valence-electron chi connectivity index (χ0n) is 23.3. The molecule has 9 nitrogen and oxygen atoms in total. The Kier molecular flexibility index (Phi) is 12.4. The lowest BCUT2D eigenvalue weighted by Gasteiger charge is -2.47. The third-order valence-corrected chi connectivity index (χ3v) is 7.48. The minimum Gasteiger partial charge on any atom is -0.379 e. The number of rotatable bonds is 19. The Morgan fingerprint density at radius 2 is 1.24 bits per heavy atom. The van der Waals surface area contributed by atoms with Gasteiger partial charge in [-0.25, -0.2) is 0 Å². The van der Waals surface area contributed by atoms with E-state index in [1.54, 1.807) is 0 Å². The van der Waals surface area contributed by atoms with Crippen LogP contribution in [0.3, 0.4) is 0 Å². The van der Waals surface area contributed by atoms with Crippen molar-refractivity contribution in [1.82, 2.24) is 0 Å². The third kappa shape index (κ3) is 7.86. The predicted octanol–water partition coefficient (Wildman–Crippen LogP) is 3.99. The van der Waals surface area contributed by atoms with Crippen LogP contribution in [-0.4, -0.2) is 101 Å². The minimum atomic E-state index is -0.648. The van der Waals surface area contributed by atoms with Crippen molar-refractivity contribution in [2.24, 2.45) is 0 Å². The Labute approximate surface area is 223 Å². The molecule has 2 bridgehead atoms. The molecule has 0 aliphatic carbocycles. The van der Waals surface area contributed by atoms with Crippen LogP contribution in [0.1, 0.15) is 79.1 Å². The number of hydrogen-bond acceptors (Lipinski definition) is 9. The molecule has 0 radical (unpaired) electrons. The van der Waals surface area contributed by atoms with Crippen molar-refractivity contribution in [3.8, 4) is 0 Å².